The fourth-order valence-corrected chi connectivity index (χ4v) is 4.52. The average molecular weight is 540 g/mol. The van der Waals surface area contributed by atoms with Gasteiger partial charge in [0.2, 0.25) is 0 Å². The van der Waals surface area contributed by atoms with Crippen molar-refractivity contribution in [3.63, 3.8) is 0 Å². The molecule has 2 rings (SSSR count). The summed E-state index contributed by atoms with van der Waals surface area (Å²) in [7, 11) is 0. The Hall–Kier alpha value is -0.950. The molecule has 27 heavy (non-hydrogen) atoms. The number of rotatable bonds is 8. The smallest absolute Gasteiger partial charge is 0.303 e. The number of benzene rings is 2. The number of aliphatic carboxylic acids is 1. The Morgan fingerprint density at radius 1 is 1.22 bits per heavy atom. The molecule has 0 amide bonds. The zero-order valence-electron chi connectivity index (χ0n) is 14.8. The van der Waals surface area contributed by atoms with Crippen molar-refractivity contribution in [1.82, 2.24) is 0 Å². The van der Waals surface area contributed by atoms with Crippen LogP contribution in [0.2, 0.25) is 10.0 Å². The Labute approximate surface area is 185 Å². The van der Waals surface area contributed by atoms with Crippen molar-refractivity contribution in [2.24, 2.45) is 0 Å². The standard InChI is InChI=1S/C19H19Br2Cl2NO3/c1-3-24-16-8-13(22)5-12(18(16)23)9-27-19-14(20)6-11(7-15(19)21)10(2)4-17(25)26/h5-8,10,24H,3-4,9H2,1-2H3,(H,25,26). The van der Waals surface area contributed by atoms with Gasteiger partial charge in [-0.1, -0.05) is 30.1 Å². The SMILES string of the molecule is CCNc1cc(Cl)cc(COc2c(Br)cc(C(C)CC(=O)O)cc2Br)c1Cl. The molecule has 1 atom stereocenters. The van der Waals surface area contributed by atoms with Crippen molar-refractivity contribution in [1.29, 1.82) is 0 Å². The van der Waals surface area contributed by atoms with E-state index in [0.717, 1.165) is 32.3 Å². The van der Waals surface area contributed by atoms with E-state index in [9.17, 15) is 4.79 Å². The van der Waals surface area contributed by atoms with Crippen LogP contribution in [0.15, 0.2) is 33.2 Å². The van der Waals surface area contributed by atoms with Crippen LogP contribution in [0.25, 0.3) is 0 Å². The number of nitrogens with one attached hydrogen (secondary N) is 1. The van der Waals surface area contributed by atoms with Gasteiger partial charge in [-0.2, -0.15) is 0 Å². The second-order valence-electron chi connectivity index (χ2n) is 6.06. The van der Waals surface area contributed by atoms with E-state index in [0.29, 0.717) is 15.8 Å². The summed E-state index contributed by atoms with van der Waals surface area (Å²) in [6, 6.07) is 7.30. The number of hydrogen-bond acceptors (Lipinski definition) is 3. The van der Waals surface area contributed by atoms with Gasteiger partial charge in [0.25, 0.3) is 0 Å². The van der Waals surface area contributed by atoms with Gasteiger partial charge in [-0.3, -0.25) is 4.79 Å². The van der Waals surface area contributed by atoms with Gasteiger partial charge >= 0.3 is 5.97 Å². The molecule has 2 aromatic carbocycles. The van der Waals surface area contributed by atoms with Crippen LogP contribution in [0.4, 0.5) is 5.69 Å². The van der Waals surface area contributed by atoms with Crippen LogP contribution >= 0.6 is 55.1 Å². The molecule has 0 spiro atoms. The molecule has 0 aliphatic heterocycles. The first kappa shape index (κ1) is 22.3. The molecule has 0 aromatic heterocycles. The molecule has 2 N–H and O–H groups in total. The molecule has 1 unspecified atom stereocenters. The number of halogens is 4. The quantitative estimate of drug-likeness (QED) is 0.375. The number of carboxylic acid groups (broad SMARTS) is 1. The Balaban J connectivity index is 2.23. The summed E-state index contributed by atoms with van der Waals surface area (Å²) in [5.74, 6) is -0.335. The maximum absolute atomic E-state index is 10.9. The molecule has 0 radical (unpaired) electrons. The summed E-state index contributed by atoms with van der Waals surface area (Å²) in [5, 5.41) is 13.3. The lowest BCUT2D eigenvalue weighted by molar-refractivity contribution is -0.137. The molecule has 4 nitrogen and oxygen atoms in total. The van der Waals surface area contributed by atoms with E-state index in [-0.39, 0.29) is 18.9 Å². The number of anilines is 1. The summed E-state index contributed by atoms with van der Waals surface area (Å²) in [5.41, 5.74) is 2.43. The van der Waals surface area contributed by atoms with E-state index in [1.54, 1.807) is 12.1 Å². The molecular formula is C19H19Br2Cl2NO3. The second kappa shape index (κ2) is 10.0. The third kappa shape index (κ3) is 6.01. The minimum absolute atomic E-state index is 0.0599. The Morgan fingerprint density at radius 3 is 2.41 bits per heavy atom. The largest absolute Gasteiger partial charge is 0.486 e. The summed E-state index contributed by atoms with van der Waals surface area (Å²) < 4.78 is 7.42. The molecule has 8 heteroatoms. The molecule has 2 aromatic rings. The lowest BCUT2D eigenvalue weighted by atomic mass is 9.98. The molecule has 0 aliphatic rings. The highest BCUT2D eigenvalue weighted by atomic mass is 79.9. The van der Waals surface area contributed by atoms with Gasteiger partial charge in [0.1, 0.15) is 12.4 Å². The van der Waals surface area contributed by atoms with Gasteiger partial charge in [-0.25, -0.2) is 0 Å². The van der Waals surface area contributed by atoms with Gasteiger partial charge in [0.15, 0.2) is 0 Å². The lowest BCUT2D eigenvalue weighted by Crippen LogP contribution is -2.05. The number of carbonyl (C=O) groups is 1. The minimum atomic E-state index is -0.831. The van der Waals surface area contributed by atoms with E-state index >= 15 is 0 Å². The molecule has 146 valence electrons. The van der Waals surface area contributed by atoms with Crippen LogP contribution in [-0.2, 0) is 11.4 Å². The summed E-state index contributed by atoms with van der Waals surface area (Å²) in [4.78, 5) is 10.9. The van der Waals surface area contributed by atoms with Gasteiger partial charge in [0, 0.05) is 17.1 Å². The van der Waals surface area contributed by atoms with E-state index in [4.69, 9.17) is 33.0 Å². The van der Waals surface area contributed by atoms with Crippen molar-refractivity contribution in [3.8, 4) is 5.75 Å². The molecule has 0 saturated heterocycles. The molecule has 0 heterocycles. The first-order valence-electron chi connectivity index (χ1n) is 8.28. The van der Waals surface area contributed by atoms with Crippen molar-refractivity contribution in [3.05, 3.63) is 54.4 Å². The van der Waals surface area contributed by atoms with Gasteiger partial charge in [-0.15, -0.1) is 0 Å². The summed E-state index contributed by atoms with van der Waals surface area (Å²) in [6.45, 7) is 4.82. The monoisotopic (exact) mass is 537 g/mol. The Morgan fingerprint density at radius 2 is 1.85 bits per heavy atom. The van der Waals surface area contributed by atoms with E-state index in [1.807, 2.05) is 26.0 Å². The number of ether oxygens (including phenoxy) is 1. The van der Waals surface area contributed by atoms with Gasteiger partial charge in [0.05, 0.1) is 26.1 Å². The lowest BCUT2D eigenvalue weighted by Gasteiger charge is -2.16. The fraction of sp³-hybridized carbons (Fsp3) is 0.316. The molecule has 0 saturated carbocycles. The molecule has 0 aliphatic carbocycles. The normalized spacial score (nSPS) is 11.9. The van der Waals surface area contributed by atoms with Crippen LogP contribution in [-0.4, -0.2) is 17.6 Å². The van der Waals surface area contributed by atoms with Gasteiger partial charge in [-0.05, 0) is 74.5 Å². The maximum atomic E-state index is 10.9. The van der Waals surface area contributed by atoms with E-state index in [2.05, 4.69) is 37.2 Å². The van der Waals surface area contributed by atoms with E-state index < -0.39 is 5.97 Å². The third-order valence-corrected chi connectivity index (χ3v) is 5.77. The zero-order valence-corrected chi connectivity index (χ0v) is 19.5. The van der Waals surface area contributed by atoms with Crippen molar-refractivity contribution in [2.75, 3.05) is 11.9 Å². The highest BCUT2D eigenvalue weighted by molar-refractivity contribution is 9.11. The fourth-order valence-electron chi connectivity index (χ4n) is 2.60. The summed E-state index contributed by atoms with van der Waals surface area (Å²) >= 11 is 19.6. The molecule has 0 fully saturated rings. The highest BCUT2D eigenvalue weighted by Crippen LogP contribution is 2.39. The predicted molar refractivity (Wildman–Crippen MR) is 117 cm³/mol. The number of hydrogen-bond donors (Lipinski definition) is 2. The van der Waals surface area contributed by atoms with Crippen LogP contribution < -0.4 is 10.1 Å². The Kier molecular flexibility index (Phi) is 8.28. The highest BCUT2D eigenvalue weighted by Gasteiger charge is 2.16. The van der Waals surface area contributed by atoms with Gasteiger partial charge < -0.3 is 15.2 Å². The molecule has 0 bridgehead atoms. The first-order chi connectivity index (χ1) is 12.7. The van der Waals surface area contributed by atoms with Crippen molar-refractivity contribution < 1.29 is 14.6 Å². The van der Waals surface area contributed by atoms with Crippen LogP contribution in [0.1, 0.15) is 37.3 Å². The van der Waals surface area contributed by atoms with Crippen molar-refractivity contribution in [2.45, 2.75) is 32.8 Å². The van der Waals surface area contributed by atoms with Crippen LogP contribution in [0, 0.1) is 0 Å². The maximum Gasteiger partial charge on any atom is 0.303 e. The Bertz CT molecular complexity index is 823. The summed E-state index contributed by atoms with van der Waals surface area (Å²) in [6.07, 6.45) is 0.0599. The predicted octanol–water partition coefficient (Wildman–Crippen LogP) is 7.11. The topological polar surface area (TPSA) is 58.6 Å². The third-order valence-electron chi connectivity index (χ3n) is 3.92. The first-order valence-corrected chi connectivity index (χ1v) is 10.6. The second-order valence-corrected chi connectivity index (χ2v) is 8.58. The minimum Gasteiger partial charge on any atom is -0.486 e. The van der Waals surface area contributed by atoms with E-state index in [1.165, 1.54) is 0 Å². The van der Waals surface area contributed by atoms with Crippen molar-refractivity contribution >= 4 is 66.7 Å². The zero-order chi connectivity index (χ0) is 20.1. The number of carboxylic acids is 1. The van der Waals surface area contributed by atoms with Crippen LogP contribution in [0.5, 0.6) is 5.75 Å². The average Bonchev–Trinajstić information content (AvgIpc) is 2.57. The van der Waals surface area contributed by atoms with Crippen LogP contribution in [0.3, 0.4) is 0 Å². The molecular weight excluding hydrogens is 521 g/mol.